The highest BCUT2D eigenvalue weighted by molar-refractivity contribution is 7.99. The number of benzene rings is 2. The lowest BCUT2D eigenvalue weighted by Crippen LogP contribution is -2.37. The number of carbonyl (C=O) groups excluding carboxylic acids is 1. The van der Waals surface area contributed by atoms with Crippen molar-refractivity contribution in [2.24, 2.45) is 0 Å². The molecule has 1 amide bonds. The van der Waals surface area contributed by atoms with Crippen LogP contribution in [0.4, 0.5) is 5.95 Å². The maximum Gasteiger partial charge on any atom is 0.233 e. The van der Waals surface area contributed by atoms with Crippen LogP contribution in [0.1, 0.15) is 11.1 Å². The topological polar surface area (TPSA) is 82.0 Å². The number of hydrogen-bond donors (Lipinski definition) is 0. The minimum atomic E-state index is 0.0104. The van der Waals surface area contributed by atoms with Crippen molar-refractivity contribution >= 4 is 23.6 Å². The lowest BCUT2D eigenvalue weighted by atomic mass is 10.2. The average molecular weight is 496 g/mol. The number of rotatable bonds is 7. The number of morpholine rings is 1. The molecule has 3 aromatic rings. The van der Waals surface area contributed by atoms with Crippen molar-refractivity contribution in [1.29, 1.82) is 0 Å². The summed E-state index contributed by atoms with van der Waals surface area (Å²) in [5.74, 6) is 2.52. The Kier molecular flexibility index (Phi) is 7.10. The van der Waals surface area contributed by atoms with Crippen molar-refractivity contribution in [3.8, 4) is 17.2 Å². The molecule has 0 N–H and O–H groups in total. The van der Waals surface area contributed by atoms with Gasteiger partial charge in [0.15, 0.2) is 16.7 Å². The molecule has 1 saturated heterocycles. The molecule has 10 heteroatoms. The Morgan fingerprint density at radius 3 is 2.51 bits per heavy atom. The van der Waals surface area contributed by atoms with Gasteiger partial charge in [0.25, 0.3) is 0 Å². The van der Waals surface area contributed by atoms with Crippen LogP contribution < -0.4 is 14.4 Å². The minimum absolute atomic E-state index is 0.0104. The number of ether oxygens (including phenoxy) is 3. The van der Waals surface area contributed by atoms with E-state index in [0.717, 1.165) is 41.8 Å². The lowest BCUT2D eigenvalue weighted by molar-refractivity contribution is -0.127. The summed E-state index contributed by atoms with van der Waals surface area (Å²) < 4.78 is 18.8. The quantitative estimate of drug-likeness (QED) is 0.463. The molecule has 184 valence electrons. The third kappa shape index (κ3) is 5.38. The van der Waals surface area contributed by atoms with Gasteiger partial charge in [0.2, 0.25) is 11.9 Å². The van der Waals surface area contributed by atoms with Crippen molar-refractivity contribution < 1.29 is 19.0 Å². The van der Waals surface area contributed by atoms with Crippen molar-refractivity contribution in [2.75, 3.05) is 57.2 Å². The summed E-state index contributed by atoms with van der Waals surface area (Å²) in [6.07, 6.45) is 0. The number of aryl methyl sites for hydroxylation is 1. The molecule has 1 aromatic heterocycles. The number of nitrogens with zero attached hydrogens (tertiary/aromatic N) is 5. The second-order valence-corrected chi connectivity index (χ2v) is 9.51. The smallest absolute Gasteiger partial charge is 0.233 e. The highest BCUT2D eigenvalue weighted by Crippen LogP contribution is 2.31. The maximum absolute atomic E-state index is 13.0. The first-order chi connectivity index (χ1) is 17.1. The number of hydrogen-bond acceptors (Lipinski definition) is 8. The fraction of sp³-hybridized carbons (Fsp3) is 0.400. The molecular weight excluding hydrogens is 466 g/mol. The number of amides is 1. The van der Waals surface area contributed by atoms with E-state index in [-0.39, 0.29) is 11.7 Å². The van der Waals surface area contributed by atoms with Crippen molar-refractivity contribution in [1.82, 2.24) is 19.7 Å². The largest absolute Gasteiger partial charge is 0.486 e. The molecule has 0 bridgehead atoms. The van der Waals surface area contributed by atoms with E-state index in [9.17, 15) is 4.79 Å². The Balaban J connectivity index is 1.29. The zero-order valence-electron chi connectivity index (χ0n) is 20.0. The van der Waals surface area contributed by atoms with Gasteiger partial charge in [-0.25, -0.2) is 0 Å². The normalized spacial score (nSPS) is 15.2. The van der Waals surface area contributed by atoms with Crippen molar-refractivity contribution in [3.63, 3.8) is 0 Å². The van der Waals surface area contributed by atoms with E-state index in [1.807, 2.05) is 29.8 Å². The van der Waals surface area contributed by atoms with Gasteiger partial charge in [-0.3, -0.25) is 9.36 Å². The highest BCUT2D eigenvalue weighted by atomic mass is 32.2. The molecular formula is C25H29N5O4S. The first-order valence-corrected chi connectivity index (χ1v) is 12.7. The van der Waals surface area contributed by atoms with E-state index < -0.39 is 0 Å². The van der Waals surface area contributed by atoms with Crippen LogP contribution in [0.3, 0.4) is 0 Å². The number of thioether (sulfide) groups is 1. The van der Waals surface area contributed by atoms with Crippen LogP contribution in [-0.2, 0) is 16.1 Å². The van der Waals surface area contributed by atoms with Gasteiger partial charge in [-0.15, -0.1) is 10.2 Å². The standard InChI is InChI=1S/C25H29N5O4S/c1-18-3-6-20(7-4-18)30-24(29-9-11-32-12-10-29)26-27-25(30)35-17-23(31)28(2)16-19-5-8-21-22(15-19)34-14-13-33-21/h3-8,15H,9-14,16-17H2,1-2H3. The molecule has 0 spiro atoms. The second kappa shape index (κ2) is 10.6. The number of fused-ring (bicyclic) bond motifs is 1. The average Bonchev–Trinajstić information content (AvgIpc) is 3.32. The molecule has 0 unspecified atom stereocenters. The molecule has 2 aliphatic heterocycles. The third-order valence-corrected chi connectivity index (χ3v) is 6.89. The van der Waals surface area contributed by atoms with Crippen LogP contribution in [0, 0.1) is 6.92 Å². The van der Waals surface area contributed by atoms with Crippen LogP contribution in [0.2, 0.25) is 0 Å². The summed E-state index contributed by atoms with van der Waals surface area (Å²) in [6, 6.07) is 14.1. The fourth-order valence-electron chi connectivity index (χ4n) is 4.03. The van der Waals surface area contributed by atoms with E-state index >= 15 is 0 Å². The predicted octanol–water partition coefficient (Wildman–Crippen LogP) is 2.93. The molecule has 0 atom stereocenters. The Morgan fingerprint density at radius 1 is 1.00 bits per heavy atom. The second-order valence-electron chi connectivity index (χ2n) is 8.57. The van der Waals surface area contributed by atoms with Crippen LogP contribution in [-0.4, -0.2) is 77.9 Å². The Labute approximate surface area is 209 Å². The summed E-state index contributed by atoms with van der Waals surface area (Å²) in [6.45, 7) is 6.47. The number of carbonyl (C=O) groups is 1. The first-order valence-electron chi connectivity index (χ1n) is 11.7. The van der Waals surface area contributed by atoms with E-state index in [0.29, 0.717) is 38.1 Å². The SMILES string of the molecule is Cc1ccc(-n2c(SCC(=O)N(C)Cc3ccc4c(c3)OCCO4)nnc2N2CCOCC2)cc1. The summed E-state index contributed by atoms with van der Waals surface area (Å²) >= 11 is 1.40. The van der Waals surface area contributed by atoms with Crippen LogP contribution in [0.25, 0.3) is 5.69 Å². The van der Waals surface area contributed by atoms with Gasteiger partial charge in [-0.1, -0.05) is 35.5 Å². The molecule has 2 aromatic carbocycles. The molecule has 0 saturated carbocycles. The molecule has 9 nitrogen and oxygen atoms in total. The third-order valence-electron chi connectivity index (χ3n) is 5.98. The van der Waals surface area contributed by atoms with E-state index in [2.05, 4.69) is 46.3 Å². The number of aromatic nitrogens is 3. The Hall–Kier alpha value is -3.24. The summed E-state index contributed by atoms with van der Waals surface area (Å²) in [7, 11) is 1.81. The van der Waals surface area contributed by atoms with Crippen LogP contribution in [0.15, 0.2) is 47.6 Å². The minimum Gasteiger partial charge on any atom is -0.486 e. The van der Waals surface area contributed by atoms with Gasteiger partial charge in [-0.2, -0.15) is 0 Å². The molecule has 0 radical (unpaired) electrons. The Bertz CT molecular complexity index is 1180. The predicted molar refractivity (Wildman–Crippen MR) is 134 cm³/mol. The summed E-state index contributed by atoms with van der Waals surface area (Å²) in [4.78, 5) is 16.9. The summed E-state index contributed by atoms with van der Waals surface area (Å²) in [5.41, 5.74) is 3.15. The highest BCUT2D eigenvalue weighted by Gasteiger charge is 2.23. The molecule has 0 aliphatic carbocycles. The van der Waals surface area contributed by atoms with Gasteiger partial charge in [-0.05, 0) is 36.8 Å². The monoisotopic (exact) mass is 495 g/mol. The zero-order valence-corrected chi connectivity index (χ0v) is 20.8. The van der Waals surface area contributed by atoms with Gasteiger partial charge < -0.3 is 24.0 Å². The van der Waals surface area contributed by atoms with Crippen molar-refractivity contribution in [3.05, 3.63) is 53.6 Å². The number of anilines is 1. The van der Waals surface area contributed by atoms with Crippen molar-refractivity contribution in [2.45, 2.75) is 18.6 Å². The van der Waals surface area contributed by atoms with Gasteiger partial charge in [0.05, 0.1) is 24.7 Å². The molecule has 5 rings (SSSR count). The van der Waals surface area contributed by atoms with Crippen LogP contribution >= 0.6 is 11.8 Å². The summed E-state index contributed by atoms with van der Waals surface area (Å²) in [5, 5.41) is 9.62. The van der Waals surface area contributed by atoms with Gasteiger partial charge in [0.1, 0.15) is 13.2 Å². The molecule has 1 fully saturated rings. The van der Waals surface area contributed by atoms with E-state index in [4.69, 9.17) is 14.2 Å². The maximum atomic E-state index is 13.0. The first kappa shape index (κ1) is 23.5. The van der Waals surface area contributed by atoms with E-state index in [1.54, 1.807) is 4.90 Å². The Morgan fingerprint density at radius 2 is 1.74 bits per heavy atom. The zero-order chi connectivity index (χ0) is 24.2. The fourth-order valence-corrected chi connectivity index (χ4v) is 4.92. The molecule has 35 heavy (non-hydrogen) atoms. The van der Waals surface area contributed by atoms with Gasteiger partial charge >= 0.3 is 0 Å². The van der Waals surface area contributed by atoms with Gasteiger partial charge in [0, 0.05) is 26.7 Å². The van der Waals surface area contributed by atoms with Crippen LogP contribution in [0.5, 0.6) is 11.5 Å². The molecule has 2 aliphatic rings. The van der Waals surface area contributed by atoms with E-state index in [1.165, 1.54) is 17.3 Å². The molecule has 3 heterocycles. The lowest BCUT2D eigenvalue weighted by Gasteiger charge is -2.28.